The van der Waals surface area contributed by atoms with Gasteiger partial charge in [0.05, 0.1) is 6.61 Å². The van der Waals surface area contributed by atoms with E-state index in [1.165, 1.54) is 41.5 Å². The molecule has 1 heterocycles. The zero-order valence-corrected chi connectivity index (χ0v) is 20.3. The van der Waals surface area contributed by atoms with Crippen LogP contribution in [0.3, 0.4) is 0 Å². The van der Waals surface area contributed by atoms with Crippen LogP contribution in [0.1, 0.15) is 39.5 Å². The highest BCUT2D eigenvalue weighted by Crippen LogP contribution is 2.47. The molecule has 0 bridgehead atoms. The summed E-state index contributed by atoms with van der Waals surface area (Å²) in [5.74, 6) is -7.79. The third-order valence-corrected chi connectivity index (χ3v) is 8.51. The topological polar surface area (TPSA) is 66.4 Å². The van der Waals surface area contributed by atoms with Crippen molar-refractivity contribution < 1.29 is 44.0 Å². The van der Waals surface area contributed by atoms with Crippen molar-refractivity contribution in [2.45, 2.75) is 61.5 Å². The molecule has 0 aromatic heterocycles. The number of unbranched alkanes of at least 4 members (excludes halogenated alkanes) is 1. The van der Waals surface area contributed by atoms with Crippen molar-refractivity contribution in [3.8, 4) is 5.75 Å². The van der Waals surface area contributed by atoms with Crippen molar-refractivity contribution in [1.29, 1.82) is 0 Å². The third-order valence-electron chi connectivity index (χ3n) is 5.15. The normalized spacial score (nSPS) is 15.8. The molecule has 0 aliphatic carbocycles. The monoisotopic (exact) mass is 532 g/mol. The maximum atomic E-state index is 12.1. The summed E-state index contributed by atoms with van der Waals surface area (Å²) >= 11 is 0. The van der Waals surface area contributed by atoms with Gasteiger partial charge in [-0.1, -0.05) is 19.4 Å². The Bertz CT molecular complexity index is 1060. The largest absolute Gasteiger partial charge is 0.743 e. The van der Waals surface area contributed by atoms with Crippen LogP contribution in [0.5, 0.6) is 5.75 Å². The Morgan fingerprint density at radius 2 is 1.53 bits per heavy atom. The Morgan fingerprint density at radius 1 is 0.971 bits per heavy atom. The highest BCUT2D eigenvalue weighted by molar-refractivity contribution is 7.97. The van der Waals surface area contributed by atoms with Crippen LogP contribution < -0.4 is 4.74 Å². The van der Waals surface area contributed by atoms with Crippen LogP contribution in [0.2, 0.25) is 0 Å². The standard InChI is InChI=1S/C18H23OS.C4H4F6O3S/c1-2-3-10-19-17-8-6-16-14-18(9-7-15(16)13-17)20-11-4-5-12-20;1-2(5,6)3(7,8)4(9,10)14(11,12)13/h6-9,13-14H,2-5,10-12H2,1H3;1H3,(H,11,12,13)/q+1;/p-1. The smallest absolute Gasteiger partial charge is 0.402 e. The number of fused-ring (bicyclic) bond motifs is 1. The first-order valence-corrected chi connectivity index (χ1v) is 13.5. The lowest BCUT2D eigenvalue weighted by molar-refractivity contribution is -0.273. The Balaban J connectivity index is 0.000000259. The van der Waals surface area contributed by atoms with Gasteiger partial charge in [0, 0.05) is 23.9 Å². The molecule has 0 amide bonds. The summed E-state index contributed by atoms with van der Waals surface area (Å²) in [6, 6.07) is 13.5. The van der Waals surface area contributed by atoms with E-state index < -0.39 is 34.1 Å². The average Bonchev–Trinajstić information content (AvgIpc) is 3.27. The molecule has 0 spiro atoms. The van der Waals surface area contributed by atoms with Crippen LogP contribution >= 0.6 is 0 Å². The van der Waals surface area contributed by atoms with Gasteiger partial charge in [0.1, 0.15) is 17.3 Å². The fourth-order valence-electron chi connectivity index (χ4n) is 3.11. The van der Waals surface area contributed by atoms with Gasteiger partial charge < -0.3 is 9.29 Å². The summed E-state index contributed by atoms with van der Waals surface area (Å²) in [5.41, 5.74) is 0. The molecule has 1 fully saturated rings. The molecule has 12 heteroatoms. The Labute approximate surface area is 197 Å². The average molecular weight is 533 g/mol. The predicted molar refractivity (Wildman–Crippen MR) is 119 cm³/mol. The van der Waals surface area contributed by atoms with Crippen LogP contribution in [-0.2, 0) is 21.0 Å². The van der Waals surface area contributed by atoms with Crippen LogP contribution in [0.4, 0.5) is 26.3 Å². The summed E-state index contributed by atoms with van der Waals surface area (Å²) in [6.45, 7) is 2.39. The molecule has 192 valence electrons. The fourth-order valence-corrected chi connectivity index (χ4v) is 5.94. The fraction of sp³-hybridized carbons (Fsp3) is 0.545. The van der Waals surface area contributed by atoms with Crippen molar-refractivity contribution in [2.24, 2.45) is 0 Å². The first-order chi connectivity index (χ1) is 15.6. The molecule has 2 aromatic carbocycles. The van der Waals surface area contributed by atoms with Crippen molar-refractivity contribution >= 4 is 31.8 Å². The summed E-state index contributed by atoms with van der Waals surface area (Å²) in [4.78, 5) is 1.55. The van der Waals surface area contributed by atoms with E-state index >= 15 is 0 Å². The second kappa shape index (κ2) is 10.9. The maximum absolute atomic E-state index is 12.1. The third kappa shape index (κ3) is 6.51. The Morgan fingerprint density at radius 3 is 2.03 bits per heavy atom. The lowest BCUT2D eigenvalue weighted by Crippen LogP contribution is -2.56. The molecule has 0 saturated carbocycles. The lowest BCUT2D eigenvalue weighted by atomic mass is 10.1. The van der Waals surface area contributed by atoms with Gasteiger partial charge >= 0.3 is 17.1 Å². The maximum Gasteiger partial charge on any atom is 0.402 e. The number of rotatable bonds is 8. The molecule has 1 aliphatic heterocycles. The van der Waals surface area contributed by atoms with Crippen molar-refractivity contribution in [1.82, 2.24) is 0 Å². The number of benzene rings is 2. The second-order valence-electron chi connectivity index (χ2n) is 7.91. The molecule has 0 unspecified atom stereocenters. The number of hydrogen-bond donors (Lipinski definition) is 0. The van der Waals surface area contributed by atoms with E-state index in [1.807, 2.05) is 0 Å². The molecule has 0 N–H and O–H groups in total. The van der Waals surface area contributed by atoms with Gasteiger partial charge in [-0.15, -0.1) is 0 Å². The molecule has 34 heavy (non-hydrogen) atoms. The van der Waals surface area contributed by atoms with Crippen molar-refractivity contribution in [2.75, 3.05) is 18.1 Å². The van der Waals surface area contributed by atoms with Gasteiger partial charge in [-0.2, -0.15) is 26.3 Å². The number of ether oxygens (including phenoxy) is 1. The van der Waals surface area contributed by atoms with Gasteiger partial charge in [-0.3, -0.25) is 0 Å². The van der Waals surface area contributed by atoms with Crippen LogP contribution in [-0.4, -0.2) is 48.2 Å². The van der Waals surface area contributed by atoms with Gasteiger partial charge in [-0.25, -0.2) is 8.42 Å². The molecule has 0 radical (unpaired) electrons. The van der Waals surface area contributed by atoms with E-state index in [0.717, 1.165) is 18.8 Å². The van der Waals surface area contributed by atoms with Crippen molar-refractivity contribution in [3.63, 3.8) is 0 Å². The van der Waals surface area contributed by atoms with Gasteiger partial charge in [0.25, 0.3) is 0 Å². The zero-order chi connectivity index (χ0) is 25.8. The van der Waals surface area contributed by atoms with Crippen molar-refractivity contribution in [3.05, 3.63) is 36.4 Å². The van der Waals surface area contributed by atoms with Crippen LogP contribution in [0.15, 0.2) is 41.3 Å². The summed E-state index contributed by atoms with van der Waals surface area (Å²) in [5, 5.41) is -3.70. The summed E-state index contributed by atoms with van der Waals surface area (Å²) in [6.07, 6.45) is 5.12. The molecule has 1 aliphatic rings. The highest BCUT2D eigenvalue weighted by atomic mass is 32.2. The van der Waals surface area contributed by atoms with Crippen LogP contribution in [0.25, 0.3) is 10.8 Å². The molecular weight excluding hydrogens is 506 g/mol. The minimum Gasteiger partial charge on any atom is -0.743 e. The first-order valence-electron chi connectivity index (χ1n) is 10.5. The second-order valence-corrected chi connectivity index (χ2v) is 11.6. The highest BCUT2D eigenvalue weighted by Gasteiger charge is 2.72. The zero-order valence-electron chi connectivity index (χ0n) is 18.6. The lowest BCUT2D eigenvalue weighted by Gasteiger charge is -2.31. The molecule has 4 nitrogen and oxygen atoms in total. The van der Waals surface area contributed by atoms with E-state index in [1.54, 1.807) is 4.90 Å². The van der Waals surface area contributed by atoms with Gasteiger partial charge in [0.2, 0.25) is 0 Å². The first kappa shape index (κ1) is 28.6. The summed E-state index contributed by atoms with van der Waals surface area (Å²) in [7, 11) is -6.35. The number of hydrogen-bond acceptors (Lipinski definition) is 4. The van der Waals surface area contributed by atoms with E-state index in [4.69, 9.17) is 4.74 Å². The summed E-state index contributed by atoms with van der Waals surface area (Å²) < 4.78 is 107. The Hall–Kier alpha value is -1.66. The van der Waals surface area contributed by atoms with E-state index in [-0.39, 0.29) is 0 Å². The van der Waals surface area contributed by atoms with E-state index in [2.05, 4.69) is 43.3 Å². The van der Waals surface area contributed by atoms with Crippen LogP contribution in [0, 0.1) is 0 Å². The molecule has 2 aromatic rings. The van der Waals surface area contributed by atoms with Gasteiger partial charge in [0.15, 0.2) is 15.0 Å². The minimum absolute atomic E-state index is 0.511. The van der Waals surface area contributed by atoms with Gasteiger partial charge in [-0.05, 0) is 54.3 Å². The number of alkyl halides is 6. The minimum atomic E-state index is -6.86. The molecular formula is C22H26F6O4S2. The molecule has 3 rings (SSSR count). The number of halogens is 6. The Kier molecular flexibility index (Phi) is 9.20. The van der Waals surface area contributed by atoms with E-state index in [9.17, 15) is 39.3 Å². The van der Waals surface area contributed by atoms with E-state index in [0.29, 0.717) is 10.9 Å². The quantitative estimate of drug-likeness (QED) is 0.176. The molecule has 0 atom stereocenters. The molecule has 1 saturated heterocycles. The SMILES string of the molecule is CC(F)(F)C(F)(F)C(F)(F)S(=O)(=O)[O-].CCCCOc1ccc2cc([S+]3CCCC3)ccc2c1. The predicted octanol–water partition coefficient (Wildman–Crippen LogP) is 6.20.